The Morgan fingerprint density at radius 3 is 2.50 bits per heavy atom. The van der Waals surface area contributed by atoms with Crippen LogP contribution in [0.1, 0.15) is 31.7 Å². The van der Waals surface area contributed by atoms with E-state index in [0.29, 0.717) is 0 Å². The van der Waals surface area contributed by atoms with Crippen LogP contribution in [0.15, 0.2) is 28.7 Å². The van der Waals surface area contributed by atoms with E-state index in [1.165, 1.54) is 18.9 Å². The van der Waals surface area contributed by atoms with Gasteiger partial charge in [-0.15, -0.1) is 11.8 Å². The molecule has 0 aliphatic rings. The van der Waals surface area contributed by atoms with Crippen LogP contribution in [-0.2, 0) is 14.3 Å². The quantitative estimate of drug-likeness (QED) is 0.611. The highest BCUT2D eigenvalue weighted by atomic mass is 79.9. The molecule has 0 spiro atoms. The van der Waals surface area contributed by atoms with Gasteiger partial charge in [0.15, 0.2) is 0 Å². The summed E-state index contributed by atoms with van der Waals surface area (Å²) in [5, 5.41) is 2.35. The van der Waals surface area contributed by atoms with Crippen molar-refractivity contribution >= 4 is 39.8 Å². The second-order valence-electron chi connectivity index (χ2n) is 5.43. The number of hydrogen-bond donors (Lipinski definition) is 1. The number of ether oxygens (including phenoxy) is 2. The van der Waals surface area contributed by atoms with Gasteiger partial charge < -0.3 is 14.8 Å². The van der Waals surface area contributed by atoms with Crippen molar-refractivity contribution in [2.45, 2.75) is 31.7 Å². The van der Waals surface area contributed by atoms with E-state index in [9.17, 15) is 9.59 Å². The van der Waals surface area contributed by atoms with Crippen LogP contribution in [0.5, 0.6) is 0 Å². The molecular weight excluding hydrogens is 370 g/mol. The molecule has 0 heterocycles. The van der Waals surface area contributed by atoms with E-state index in [4.69, 9.17) is 4.74 Å². The highest BCUT2D eigenvalue weighted by Gasteiger charge is 2.23. The Bertz CT molecular complexity index is 531. The lowest BCUT2D eigenvalue weighted by Crippen LogP contribution is -2.34. The normalized spacial score (nSPS) is 12.4. The van der Waals surface area contributed by atoms with Crippen molar-refractivity contribution in [3.05, 3.63) is 34.3 Å². The van der Waals surface area contributed by atoms with Crippen molar-refractivity contribution in [3.63, 3.8) is 0 Å². The number of hydrogen-bond acceptors (Lipinski definition) is 5. The Balaban J connectivity index is 2.85. The number of benzene rings is 1. The fraction of sp³-hybridized carbons (Fsp3) is 0.467. The Labute approximate surface area is 143 Å². The number of thioether (sulfide) groups is 1. The summed E-state index contributed by atoms with van der Waals surface area (Å²) in [5.41, 5.74) is 0.262. The molecule has 1 amide bonds. The number of carbonyl (C=O) groups excluding carboxylic acids is 2. The van der Waals surface area contributed by atoms with E-state index in [1.54, 1.807) is 20.8 Å². The molecule has 1 aromatic rings. The number of nitrogens with one attached hydrogen (secondary N) is 1. The zero-order valence-electron chi connectivity index (χ0n) is 13.0. The van der Waals surface area contributed by atoms with E-state index >= 15 is 0 Å². The SMILES string of the molecule is COC(=O)CS[C@H](NC(=O)OC(C)(C)C)c1ccccc1Br. The highest BCUT2D eigenvalue weighted by Crippen LogP contribution is 2.32. The maximum absolute atomic E-state index is 12.0. The molecule has 5 nitrogen and oxygen atoms in total. The third-order valence-electron chi connectivity index (χ3n) is 2.43. The monoisotopic (exact) mass is 389 g/mol. The molecule has 0 aliphatic carbocycles. The molecule has 0 unspecified atom stereocenters. The van der Waals surface area contributed by atoms with Crippen LogP contribution in [0.2, 0.25) is 0 Å². The Morgan fingerprint density at radius 2 is 1.95 bits per heavy atom. The van der Waals surface area contributed by atoms with Crippen LogP contribution in [-0.4, -0.2) is 30.5 Å². The van der Waals surface area contributed by atoms with Crippen LogP contribution in [0.3, 0.4) is 0 Å². The molecule has 0 bridgehead atoms. The first-order valence-electron chi connectivity index (χ1n) is 6.65. The van der Waals surface area contributed by atoms with Crippen LogP contribution in [0.4, 0.5) is 4.79 Å². The van der Waals surface area contributed by atoms with E-state index in [2.05, 4.69) is 26.0 Å². The Hall–Kier alpha value is -1.21. The summed E-state index contributed by atoms with van der Waals surface area (Å²) >= 11 is 4.71. The number of esters is 1. The minimum absolute atomic E-state index is 0.123. The van der Waals surface area contributed by atoms with Gasteiger partial charge in [0.25, 0.3) is 0 Å². The average Bonchev–Trinajstić information content (AvgIpc) is 2.41. The first-order valence-corrected chi connectivity index (χ1v) is 8.49. The third kappa shape index (κ3) is 6.70. The van der Waals surface area contributed by atoms with Gasteiger partial charge in [-0.3, -0.25) is 4.79 Å². The molecular formula is C15H20BrNO4S. The lowest BCUT2D eigenvalue weighted by molar-refractivity contribution is -0.137. The molecule has 0 fully saturated rings. The van der Waals surface area contributed by atoms with E-state index in [0.717, 1.165) is 10.0 Å². The van der Waals surface area contributed by atoms with E-state index in [-0.39, 0.29) is 11.7 Å². The number of rotatable bonds is 5. The maximum atomic E-state index is 12.0. The summed E-state index contributed by atoms with van der Waals surface area (Å²) in [6.07, 6.45) is -0.536. The standard InChI is InChI=1S/C15H20BrNO4S/c1-15(2,3)21-14(19)17-13(22-9-12(18)20-4)10-7-5-6-8-11(10)16/h5-8,13H,9H2,1-4H3,(H,17,19)/t13-/m0/s1. The van der Waals surface area contributed by atoms with Crippen LogP contribution >= 0.6 is 27.7 Å². The van der Waals surface area contributed by atoms with Crippen molar-refractivity contribution in [3.8, 4) is 0 Å². The minimum atomic E-state index is -0.588. The molecule has 1 N–H and O–H groups in total. The van der Waals surface area contributed by atoms with Crippen molar-refractivity contribution in [2.75, 3.05) is 12.9 Å². The summed E-state index contributed by atoms with van der Waals surface area (Å²) < 4.78 is 10.7. The highest BCUT2D eigenvalue weighted by molar-refractivity contribution is 9.10. The fourth-order valence-corrected chi connectivity index (χ4v) is 3.17. The predicted octanol–water partition coefficient (Wildman–Crippen LogP) is 3.88. The summed E-state index contributed by atoms with van der Waals surface area (Å²) in [7, 11) is 1.33. The summed E-state index contributed by atoms with van der Waals surface area (Å²) in [5.74, 6) is -0.230. The maximum Gasteiger partial charge on any atom is 0.408 e. The predicted molar refractivity (Wildman–Crippen MR) is 90.7 cm³/mol. The molecule has 1 atom stereocenters. The lowest BCUT2D eigenvalue weighted by Gasteiger charge is -2.24. The summed E-state index contributed by atoms with van der Waals surface area (Å²) in [6, 6.07) is 7.49. The first-order chi connectivity index (χ1) is 10.2. The number of halogens is 1. The van der Waals surface area contributed by atoms with Gasteiger partial charge in [-0.1, -0.05) is 34.1 Å². The molecule has 0 saturated heterocycles. The zero-order valence-corrected chi connectivity index (χ0v) is 15.4. The number of alkyl carbamates (subject to hydrolysis) is 1. The van der Waals surface area contributed by atoms with Gasteiger partial charge in [0.1, 0.15) is 11.0 Å². The van der Waals surface area contributed by atoms with Gasteiger partial charge in [0.2, 0.25) is 0 Å². The van der Waals surface area contributed by atoms with E-state index in [1.807, 2.05) is 24.3 Å². The Kier molecular flexibility index (Phi) is 7.22. The lowest BCUT2D eigenvalue weighted by atomic mass is 10.2. The number of carbonyl (C=O) groups is 2. The first kappa shape index (κ1) is 18.8. The van der Waals surface area contributed by atoms with Gasteiger partial charge in [-0.2, -0.15) is 0 Å². The molecule has 1 rings (SSSR count). The van der Waals surface area contributed by atoms with Crippen molar-refractivity contribution < 1.29 is 19.1 Å². The third-order valence-corrected chi connectivity index (χ3v) is 4.26. The van der Waals surface area contributed by atoms with Crippen LogP contribution < -0.4 is 5.32 Å². The number of amides is 1. The molecule has 0 radical (unpaired) electrons. The molecule has 0 aliphatic heterocycles. The summed E-state index contributed by atoms with van der Waals surface area (Å²) in [4.78, 5) is 23.3. The smallest absolute Gasteiger partial charge is 0.408 e. The molecule has 22 heavy (non-hydrogen) atoms. The second-order valence-corrected chi connectivity index (χ2v) is 7.38. The van der Waals surface area contributed by atoms with Crippen molar-refractivity contribution in [1.29, 1.82) is 0 Å². The van der Waals surface area contributed by atoms with Crippen molar-refractivity contribution in [2.24, 2.45) is 0 Å². The number of methoxy groups -OCH3 is 1. The van der Waals surface area contributed by atoms with Gasteiger partial charge in [0.05, 0.1) is 12.9 Å². The second kappa shape index (κ2) is 8.43. The van der Waals surface area contributed by atoms with E-state index < -0.39 is 17.1 Å². The van der Waals surface area contributed by atoms with Crippen molar-refractivity contribution in [1.82, 2.24) is 5.32 Å². The van der Waals surface area contributed by atoms with Crippen LogP contribution in [0, 0.1) is 0 Å². The molecule has 0 aromatic heterocycles. The molecule has 7 heteroatoms. The molecule has 0 saturated carbocycles. The topological polar surface area (TPSA) is 64.6 Å². The average molecular weight is 390 g/mol. The summed E-state index contributed by atoms with van der Waals surface area (Å²) in [6.45, 7) is 5.38. The minimum Gasteiger partial charge on any atom is -0.468 e. The van der Waals surface area contributed by atoms with Gasteiger partial charge in [-0.05, 0) is 32.4 Å². The fourth-order valence-electron chi connectivity index (χ4n) is 1.52. The van der Waals surface area contributed by atoms with Gasteiger partial charge in [0, 0.05) is 4.47 Å². The largest absolute Gasteiger partial charge is 0.468 e. The zero-order chi connectivity index (χ0) is 16.8. The Morgan fingerprint density at radius 1 is 1.32 bits per heavy atom. The molecule has 122 valence electrons. The van der Waals surface area contributed by atoms with Crippen LogP contribution in [0.25, 0.3) is 0 Å². The van der Waals surface area contributed by atoms with Gasteiger partial charge >= 0.3 is 12.1 Å². The molecule has 1 aromatic carbocycles. The van der Waals surface area contributed by atoms with Gasteiger partial charge in [-0.25, -0.2) is 4.79 Å².